The smallest absolute Gasteiger partial charge is 0.323 e. The zero-order valence-electron chi connectivity index (χ0n) is 13.5. The second kappa shape index (κ2) is 8.87. The number of aliphatic carboxylic acids is 1. The van der Waals surface area contributed by atoms with Crippen molar-refractivity contribution in [3.63, 3.8) is 0 Å². The zero-order chi connectivity index (χ0) is 15.8. The highest BCUT2D eigenvalue weighted by atomic mass is 16.4. The van der Waals surface area contributed by atoms with Crippen molar-refractivity contribution in [3.8, 4) is 0 Å². The van der Waals surface area contributed by atoms with Crippen molar-refractivity contribution < 1.29 is 14.7 Å². The maximum atomic E-state index is 12.1. The van der Waals surface area contributed by atoms with Crippen LogP contribution >= 0.6 is 0 Å². The molecule has 0 unspecified atom stereocenters. The molecule has 0 aromatic rings. The summed E-state index contributed by atoms with van der Waals surface area (Å²) in [5.74, 6) is -0.215. The summed E-state index contributed by atoms with van der Waals surface area (Å²) in [6.07, 6.45) is 2.19. The Morgan fingerprint density at radius 3 is 2.43 bits per heavy atom. The normalized spacial score (nSPS) is 17.0. The number of urea groups is 1. The molecule has 1 rings (SSSR count). The fourth-order valence-electron chi connectivity index (χ4n) is 2.67. The van der Waals surface area contributed by atoms with Gasteiger partial charge in [0.05, 0.1) is 0 Å². The molecular formula is C15H29N3O3. The molecule has 1 heterocycles. The van der Waals surface area contributed by atoms with E-state index in [1.807, 2.05) is 13.8 Å². The van der Waals surface area contributed by atoms with Crippen molar-refractivity contribution in [1.29, 1.82) is 0 Å². The van der Waals surface area contributed by atoms with E-state index < -0.39 is 5.97 Å². The summed E-state index contributed by atoms with van der Waals surface area (Å²) in [4.78, 5) is 26.8. The molecule has 1 saturated heterocycles. The van der Waals surface area contributed by atoms with Gasteiger partial charge < -0.3 is 20.2 Å². The lowest BCUT2D eigenvalue weighted by atomic mass is 9.97. The summed E-state index contributed by atoms with van der Waals surface area (Å²) in [6, 6.07) is -0.260. The van der Waals surface area contributed by atoms with E-state index in [0.717, 1.165) is 32.5 Å². The number of likely N-dealkylation sites (tertiary alicyclic amines) is 1. The fraction of sp³-hybridized carbons (Fsp3) is 0.867. The lowest BCUT2D eigenvalue weighted by Gasteiger charge is -2.31. The monoisotopic (exact) mass is 299 g/mol. The van der Waals surface area contributed by atoms with Crippen molar-refractivity contribution >= 4 is 12.0 Å². The number of rotatable bonds is 7. The number of hydrogen-bond donors (Lipinski definition) is 2. The lowest BCUT2D eigenvalue weighted by Crippen LogP contribution is -2.46. The first-order valence-corrected chi connectivity index (χ1v) is 7.89. The molecule has 21 heavy (non-hydrogen) atoms. The largest absolute Gasteiger partial charge is 0.480 e. The van der Waals surface area contributed by atoms with Crippen molar-refractivity contribution in [1.82, 2.24) is 15.1 Å². The maximum Gasteiger partial charge on any atom is 0.323 e. The number of piperidine rings is 1. The van der Waals surface area contributed by atoms with E-state index in [4.69, 9.17) is 5.11 Å². The van der Waals surface area contributed by atoms with Gasteiger partial charge in [-0.05, 0) is 44.3 Å². The minimum Gasteiger partial charge on any atom is -0.480 e. The Morgan fingerprint density at radius 1 is 1.33 bits per heavy atom. The van der Waals surface area contributed by atoms with Gasteiger partial charge in [-0.3, -0.25) is 4.79 Å². The third kappa shape index (κ3) is 6.80. The number of nitrogens with one attached hydrogen (secondary N) is 1. The number of carboxylic acids is 1. The minimum absolute atomic E-state index is 0.238. The van der Waals surface area contributed by atoms with Crippen LogP contribution in [-0.2, 0) is 4.79 Å². The highest BCUT2D eigenvalue weighted by Crippen LogP contribution is 2.15. The molecule has 1 aliphatic heterocycles. The van der Waals surface area contributed by atoms with Crippen LogP contribution in [-0.4, -0.2) is 66.2 Å². The van der Waals surface area contributed by atoms with Crippen LogP contribution in [0.2, 0.25) is 0 Å². The van der Waals surface area contributed by atoms with Gasteiger partial charge in [0.15, 0.2) is 0 Å². The van der Waals surface area contributed by atoms with Crippen molar-refractivity contribution in [2.75, 3.05) is 39.3 Å². The van der Waals surface area contributed by atoms with Crippen molar-refractivity contribution in [3.05, 3.63) is 0 Å². The molecule has 0 aliphatic carbocycles. The quantitative estimate of drug-likeness (QED) is 0.746. The molecule has 2 amide bonds. The molecule has 1 fully saturated rings. The molecule has 0 saturated carbocycles. The summed E-state index contributed by atoms with van der Waals surface area (Å²) in [7, 11) is 0. The van der Waals surface area contributed by atoms with Gasteiger partial charge in [0, 0.05) is 13.1 Å². The number of hydrogen-bond acceptors (Lipinski definition) is 3. The van der Waals surface area contributed by atoms with Gasteiger partial charge in [-0.15, -0.1) is 0 Å². The van der Waals surface area contributed by atoms with Gasteiger partial charge >= 0.3 is 12.0 Å². The van der Waals surface area contributed by atoms with Crippen molar-refractivity contribution in [2.24, 2.45) is 11.8 Å². The minimum atomic E-state index is -0.970. The number of carbonyl (C=O) groups is 2. The number of carboxylic acid groups (broad SMARTS) is 1. The van der Waals surface area contributed by atoms with Crippen LogP contribution in [0.15, 0.2) is 0 Å². The van der Waals surface area contributed by atoms with Crippen LogP contribution in [0.5, 0.6) is 0 Å². The summed E-state index contributed by atoms with van der Waals surface area (Å²) < 4.78 is 0. The first-order valence-electron chi connectivity index (χ1n) is 7.89. The number of carbonyl (C=O) groups excluding carboxylic acids is 1. The SMILES string of the molecule is CCN1CCC(CNC(=O)N(CC(=O)O)CC(C)C)CC1. The summed E-state index contributed by atoms with van der Waals surface area (Å²) in [5, 5.41) is 11.8. The number of nitrogens with zero attached hydrogens (tertiary/aromatic N) is 2. The Morgan fingerprint density at radius 2 is 1.95 bits per heavy atom. The molecule has 2 N–H and O–H groups in total. The predicted octanol–water partition coefficient (Wildman–Crippen LogP) is 1.47. The summed E-state index contributed by atoms with van der Waals surface area (Å²) >= 11 is 0. The van der Waals surface area contributed by atoms with E-state index in [2.05, 4.69) is 17.1 Å². The van der Waals surface area contributed by atoms with E-state index >= 15 is 0 Å². The standard InChI is InChI=1S/C15H29N3O3/c1-4-17-7-5-13(6-8-17)9-16-15(21)18(10-12(2)3)11-14(19)20/h12-13H,4-11H2,1-3H3,(H,16,21)(H,19,20). The predicted molar refractivity (Wildman–Crippen MR) is 82.3 cm³/mol. The topological polar surface area (TPSA) is 72.9 Å². The molecule has 0 aromatic carbocycles. The number of amides is 2. The molecule has 6 nitrogen and oxygen atoms in total. The van der Waals surface area contributed by atoms with Crippen LogP contribution in [0.3, 0.4) is 0 Å². The van der Waals surface area contributed by atoms with E-state index in [1.165, 1.54) is 4.90 Å². The highest BCUT2D eigenvalue weighted by molar-refractivity contribution is 5.80. The molecule has 0 radical (unpaired) electrons. The Balaban J connectivity index is 2.37. The van der Waals surface area contributed by atoms with Crippen molar-refractivity contribution in [2.45, 2.75) is 33.6 Å². The third-order valence-electron chi connectivity index (χ3n) is 3.90. The van der Waals surface area contributed by atoms with Gasteiger partial charge in [-0.25, -0.2) is 4.79 Å². The molecule has 0 bridgehead atoms. The van der Waals surface area contributed by atoms with Gasteiger partial charge in [-0.1, -0.05) is 20.8 Å². The Bertz CT molecular complexity index is 339. The van der Waals surface area contributed by atoms with E-state index in [9.17, 15) is 9.59 Å². The third-order valence-corrected chi connectivity index (χ3v) is 3.90. The van der Waals surface area contributed by atoms with E-state index in [1.54, 1.807) is 0 Å². The molecule has 0 atom stereocenters. The Hall–Kier alpha value is -1.30. The Labute approximate surface area is 127 Å². The lowest BCUT2D eigenvalue weighted by molar-refractivity contribution is -0.137. The van der Waals surface area contributed by atoms with Crippen LogP contribution in [0.1, 0.15) is 33.6 Å². The highest BCUT2D eigenvalue weighted by Gasteiger charge is 2.21. The molecule has 0 spiro atoms. The van der Waals surface area contributed by atoms with E-state index in [-0.39, 0.29) is 18.5 Å². The van der Waals surface area contributed by atoms with Gasteiger partial charge in [0.2, 0.25) is 0 Å². The van der Waals surface area contributed by atoms with Gasteiger partial charge in [-0.2, -0.15) is 0 Å². The molecule has 6 heteroatoms. The fourth-order valence-corrected chi connectivity index (χ4v) is 2.67. The summed E-state index contributed by atoms with van der Waals surface area (Å²) in [6.45, 7) is 10.2. The van der Waals surface area contributed by atoms with Crippen LogP contribution in [0.4, 0.5) is 4.79 Å². The second-order valence-electron chi connectivity index (χ2n) is 6.23. The van der Waals surface area contributed by atoms with Gasteiger partial charge in [0.1, 0.15) is 6.54 Å². The van der Waals surface area contributed by atoms with Gasteiger partial charge in [0.25, 0.3) is 0 Å². The first kappa shape index (κ1) is 17.8. The molecule has 122 valence electrons. The van der Waals surface area contributed by atoms with E-state index in [0.29, 0.717) is 19.0 Å². The second-order valence-corrected chi connectivity index (χ2v) is 6.23. The summed E-state index contributed by atoms with van der Waals surface area (Å²) in [5.41, 5.74) is 0. The molecule has 1 aliphatic rings. The molecular weight excluding hydrogens is 270 g/mol. The average Bonchev–Trinajstić information content (AvgIpc) is 2.43. The first-order chi connectivity index (χ1) is 9.92. The zero-order valence-corrected chi connectivity index (χ0v) is 13.5. The van der Waals surface area contributed by atoms with Crippen LogP contribution in [0, 0.1) is 11.8 Å². The molecule has 0 aromatic heterocycles. The maximum absolute atomic E-state index is 12.1. The Kier molecular flexibility index (Phi) is 7.50. The van der Waals surface area contributed by atoms with Crippen LogP contribution < -0.4 is 5.32 Å². The van der Waals surface area contributed by atoms with Crippen LogP contribution in [0.25, 0.3) is 0 Å². The average molecular weight is 299 g/mol.